The van der Waals surface area contributed by atoms with Gasteiger partial charge < -0.3 is 0 Å². The summed E-state index contributed by atoms with van der Waals surface area (Å²) in [4.78, 5) is 15.7. The molecule has 0 radical (unpaired) electrons. The van der Waals surface area contributed by atoms with Crippen LogP contribution in [0.3, 0.4) is 0 Å². The molecule has 8 aromatic carbocycles. The second kappa shape index (κ2) is 12.4. The summed E-state index contributed by atoms with van der Waals surface area (Å²) in [6.45, 7) is 0. The van der Waals surface area contributed by atoms with Gasteiger partial charge in [-0.15, -0.1) is 0 Å². The summed E-state index contributed by atoms with van der Waals surface area (Å²) in [6.07, 6.45) is 0. The molecule has 2 heterocycles. The van der Waals surface area contributed by atoms with Crippen molar-refractivity contribution in [1.82, 2.24) is 15.0 Å². The lowest BCUT2D eigenvalue weighted by atomic mass is 9.95. The largest absolute Gasteiger partial charge is 0.248 e. The van der Waals surface area contributed by atoms with E-state index in [-0.39, 0.29) is 0 Å². The lowest BCUT2D eigenvalue weighted by molar-refractivity contribution is 1.23. The SMILES string of the molecule is c1ccc(-c2nc(-c3ccccc3)c3ccc4ccc(-c5cc(-c6ccc7ccccc7c6)cc(-c6ccc7ccccc7c6)n5)cc4c3n2)cc1. The van der Waals surface area contributed by atoms with Crippen LogP contribution in [0.4, 0.5) is 0 Å². The molecule has 0 amide bonds. The molecule has 0 N–H and O–H groups in total. The average Bonchev–Trinajstić information content (AvgIpc) is 3.23. The van der Waals surface area contributed by atoms with Crippen LogP contribution in [0.15, 0.2) is 188 Å². The number of fused-ring (bicyclic) bond motifs is 5. The molecule has 0 saturated heterocycles. The lowest BCUT2D eigenvalue weighted by Gasteiger charge is -2.14. The Morgan fingerprint density at radius 1 is 0.269 bits per heavy atom. The molecule has 0 bridgehead atoms. The van der Waals surface area contributed by atoms with E-state index in [1.165, 1.54) is 21.5 Å². The first kappa shape index (κ1) is 29.9. The van der Waals surface area contributed by atoms with Crippen LogP contribution in [0.5, 0.6) is 0 Å². The van der Waals surface area contributed by atoms with Gasteiger partial charge in [0.25, 0.3) is 0 Å². The Labute approximate surface area is 301 Å². The topological polar surface area (TPSA) is 38.7 Å². The zero-order valence-electron chi connectivity index (χ0n) is 28.2. The Morgan fingerprint density at radius 3 is 1.46 bits per heavy atom. The lowest BCUT2D eigenvalue weighted by Crippen LogP contribution is -1.96. The van der Waals surface area contributed by atoms with Gasteiger partial charge >= 0.3 is 0 Å². The van der Waals surface area contributed by atoms with E-state index in [1.54, 1.807) is 0 Å². The maximum Gasteiger partial charge on any atom is 0.160 e. The van der Waals surface area contributed by atoms with Gasteiger partial charge in [-0.25, -0.2) is 15.0 Å². The molecule has 0 saturated carbocycles. The standard InChI is InChI=1S/C49H31N3/c1-3-13-35(14-4-1)47-43-26-25-34-21-24-41(29-44(34)48(43)52-49(51-47)36-15-5-2-6-16-36)46-31-42(39-22-19-32-11-7-9-17-37(32)27-39)30-45(50-46)40-23-20-33-12-8-10-18-38(33)28-40/h1-31H. The van der Waals surface area contributed by atoms with Crippen LogP contribution in [0.25, 0.3) is 99.5 Å². The van der Waals surface area contributed by atoms with Crippen molar-refractivity contribution in [3.63, 3.8) is 0 Å². The number of hydrogen-bond acceptors (Lipinski definition) is 3. The van der Waals surface area contributed by atoms with E-state index >= 15 is 0 Å². The summed E-state index contributed by atoms with van der Waals surface area (Å²) >= 11 is 0. The fourth-order valence-corrected chi connectivity index (χ4v) is 7.31. The molecule has 0 spiro atoms. The van der Waals surface area contributed by atoms with Crippen LogP contribution >= 0.6 is 0 Å². The fourth-order valence-electron chi connectivity index (χ4n) is 7.31. The van der Waals surface area contributed by atoms with Gasteiger partial charge in [0.1, 0.15) is 0 Å². The predicted octanol–water partition coefficient (Wildman–Crippen LogP) is 12.8. The highest BCUT2D eigenvalue weighted by molar-refractivity contribution is 6.10. The molecule has 0 aliphatic rings. The fraction of sp³-hybridized carbons (Fsp3) is 0. The predicted molar refractivity (Wildman–Crippen MR) is 217 cm³/mol. The molecular weight excluding hydrogens is 631 g/mol. The van der Waals surface area contributed by atoms with E-state index in [4.69, 9.17) is 15.0 Å². The Kier molecular flexibility index (Phi) is 7.14. The van der Waals surface area contributed by atoms with Crippen molar-refractivity contribution < 1.29 is 0 Å². The third-order valence-electron chi connectivity index (χ3n) is 10.0. The molecule has 10 aromatic rings. The Balaban J connectivity index is 1.20. The van der Waals surface area contributed by atoms with Gasteiger partial charge in [-0.05, 0) is 74.5 Å². The zero-order valence-corrected chi connectivity index (χ0v) is 28.2. The van der Waals surface area contributed by atoms with Gasteiger partial charge in [0, 0.05) is 33.0 Å². The first-order valence-electron chi connectivity index (χ1n) is 17.6. The third kappa shape index (κ3) is 5.37. The quantitative estimate of drug-likeness (QED) is 0.172. The van der Waals surface area contributed by atoms with Crippen LogP contribution in [-0.2, 0) is 0 Å². The summed E-state index contributed by atoms with van der Waals surface area (Å²) in [7, 11) is 0. The molecule has 10 rings (SSSR count). The molecule has 0 unspecified atom stereocenters. The second-order valence-electron chi connectivity index (χ2n) is 13.3. The average molecular weight is 662 g/mol. The zero-order chi connectivity index (χ0) is 34.4. The van der Waals surface area contributed by atoms with Crippen molar-refractivity contribution in [3.05, 3.63) is 188 Å². The van der Waals surface area contributed by atoms with Crippen molar-refractivity contribution in [2.45, 2.75) is 0 Å². The van der Waals surface area contributed by atoms with E-state index in [0.717, 1.165) is 72.1 Å². The first-order chi connectivity index (χ1) is 25.7. The van der Waals surface area contributed by atoms with Crippen molar-refractivity contribution in [1.29, 1.82) is 0 Å². The smallest absolute Gasteiger partial charge is 0.160 e. The van der Waals surface area contributed by atoms with Crippen LogP contribution in [-0.4, -0.2) is 15.0 Å². The van der Waals surface area contributed by atoms with Crippen LogP contribution < -0.4 is 0 Å². The highest BCUT2D eigenvalue weighted by atomic mass is 14.9. The number of rotatable bonds is 5. The van der Waals surface area contributed by atoms with E-state index in [0.29, 0.717) is 5.82 Å². The van der Waals surface area contributed by atoms with E-state index in [2.05, 4.69) is 164 Å². The van der Waals surface area contributed by atoms with Crippen LogP contribution in [0.2, 0.25) is 0 Å². The van der Waals surface area contributed by atoms with Crippen LogP contribution in [0.1, 0.15) is 0 Å². The maximum atomic E-state index is 5.35. The van der Waals surface area contributed by atoms with Crippen molar-refractivity contribution in [2.75, 3.05) is 0 Å². The summed E-state index contributed by atoms with van der Waals surface area (Å²) in [5.74, 6) is 0.708. The molecular formula is C49H31N3. The van der Waals surface area contributed by atoms with Gasteiger partial charge in [-0.1, -0.05) is 152 Å². The highest BCUT2D eigenvalue weighted by Crippen LogP contribution is 2.37. The van der Waals surface area contributed by atoms with Gasteiger partial charge in [0.15, 0.2) is 5.82 Å². The number of hydrogen-bond donors (Lipinski definition) is 0. The summed E-state index contributed by atoms with van der Waals surface area (Å²) in [5, 5.41) is 8.05. The van der Waals surface area contributed by atoms with Crippen LogP contribution in [0, 0.1) is 0 Å². The maximum absolute atomic E-state index is 5.35. The minimum absolute atomic E-state index is 0.708. The minimum Gasteiger partial charge on any atom is -0.248 e. The number of nitrogens with zero attached hydrogens (tertiary/aromatic N) is 3. The van der Waals surface area contributed by atoms with Crippen molar-refractivity contribution in [3.8, 4) is 56.3 Å². The van der Waals surface area contributed by atoms with Gasteiger partial charge in [-0.2, -0.15) is 0 Å². The van der Waals surface area contributed by atoms with E-state index in [1.807, 2.05) is 24.3 Å². The van der Waals surface area contributed by atoms with Gasteiger partial charge in [-0.3, -0.25) is 0 Å². The molecule has 0 aliphatic heterocycles. The summed E-state index contributed by atoms with van der Waals surface area (Å²) < 4.78 is 0. The number of pyridine rings is 1. The molecule has 0 fully saturated rings. The minimum atomic E-state index is 0.708. The van der Waals surface area contributed by atoms with E-state index < -0.39 is 0 Å². The van der Waals surface area contributed by atoms with Gasteiger partial charge in [0.2, 0.25) is 0 Å². The molecule has 3 heteroatoms. The van der Waals surface area contributed by atoms with Crippen molar-refractivity contribution >= 4 is 43.2 Å². The molecule has 2 aromatic heterocycles. The molecule has 3 nitrogen and oxygen atoms in total. The summed E-state index contributed by atoms with van der Waals surface area (Å²) in [5.41, 5.74) is 10.1. The third-order valence-corrected chi connectivity index (χ3v) is 10.0. The normalized spacial score (nSPS) is 11.5. The Morgan fingerprint density at radius 2 is 0.788 bits per heavy atom. The van der Waals surface area contributed by atoms with E-state index in [9.17, 15) is 0 Å². The molecule has 242 valence electrons. The Hall–Kier alpha value is -6.97. The summed E-state index contributed by atoms with van der Waals surface area (Å²) in [6, 6.07) is 66.4. The molecule has 0 atom stereocenters. The van der Waals surface area contributed by atoms with Gasteiger partial charge in [0.05, 0.1) is 22.6 Å². The monoisotopic (exact) mass is 661 g/mol. The number of benzene rings is 8. The second-order valence-corrected chi connectivity index (χ2v) is 13.3. The highest BCUT2D eigenvalue weighted by Gasteiger charge is 2.16. The molecule has 0 aliphatic carbocycles. The first-order valence-corrected chi connectivity index (χ1v) is 17.6. The van der Waals surface area contributed by atoms with Crippen molar-refractivity contribution in [2.24, 2.45) is 0 Å². The Bertz CT molecular complexity index is 2850. The molecule has 52 heavy (non-hydrogen) atoms. The number of aromatic nitrogens is 3.